The first-order chi connectivity index (χ1) is 15.3. The third-order valence-electron chi connectivity index (χ3n) is 5.29. The van der Waals surface area contributed by atoms with Gasteiger partial charge in [-0.1, -0.05) is 30.7 Å². The fourth-order valence-corrected chi connectivity index (χ4v) is 3.68. The number of aliphatic hydroxyl groups excluding tert-OH is 1. The molecule has 0 radical (unpaired) electrons. The summed E-state index contributed by atoms with van der Waals surface area (Å²) in [5.74, 6) is -0.00637. The smallest absolute Gasteiger partial charge is 0.224 e. The largest absolute Gasteiger partial charge is 0.391 e. The number of amides is 1. The molecule has 2 aromatic carbocycles. The number of hydrogen-bond donors (Lipinski definition) is 3. The highest BCUT2D eigenvalue weighted by Gasteiger charge is 2.27. The van der Waals surface area contributed by atoms with Gasteiger partial charge in [0.25, 0.3) is 0 Å². The van der Waals surface area contributed by atoms with Crippen LogP contribution in [0, 0.1) is 18.3 Å². The van der Waals surface area contributed by atoms with E-state index in [1.807, 2.05) is 38.1 Å². The van der Waals surface area contributed by atoms with Gasteiger partial charge in [-0.3, -0.25) is 4.79 Å². The molecule has 32 heavy (non-hydrogen) atoms. The van der Waals surface area contributed by atoms with Gasteiger partial charge in [0, 0.05) is 24.2 Å². The quantitative estimate of drug-likeness (QED) is 0.541. The highest BCUT2D eigenvalue weighted by molar-refractivity contribution is 6.33. The number of anilines is 2. The van der Waals surface area contributed by atoms with Crippen molar-refractivity contribution in [3.05, 3.63) is 58.1 Å². The summed E-state index contributed by atoms with van der Waals surface area (Å²) in [5, 5.41) is 34.7. The lowest BCUT2D eigenvalue weighted by atomic mass is 9.97. The molecule has 0 saturated carbocycles. The Morgan fingerprint density at radius 3 is 2.59 bits per heavy atom. The zero-order valence-electron chi connectivity index (χ0n) is 18.3. The number of aliphatic hydroxyl groups is 1. The second-order valence-electron chi connectivity index (χ2n) is 7.76. The molecule has 2 aromatic rings. The van der Waals surface area contributed by atoms with Crippen LogP contribution in [-0.2, 0) is 4.79 Å². The maximum atomic E-state index is 11.8. The second-order valence-corrected chi connectivity index (χ2v) is 8.14. The molecule has 1 heterocycles. The molecule has 7 nitrogen and oxygen atoms in total. The van der Waals surface area contributed by atoms with Crippen LogP contribution in [0.3, 0.4) is 0 Å². The molecule has 166 valence electrons. The Bertz CT molecular complexity index is 1100. The normalized spacial score (nSPS) is 14.8. The molecule has 1 amide bonds. The van der Waals surface area contributed by atoms with Crippen LogP contribution in [0.5, 0.6) is 0 Å². The van der Waals surface area contributed by atoms with Gasteiger partial charge >= 0.3 is 0 Å². The van der Waals surface area contributed by atoms with E-state index < -0.39 is 12.1 Å². The van der Waals surface area contributed by atoms with Crippen LogP contribution in [0.15, 0.2) is 46.6 Å². The lowest BCUT2D eigenvalue weighted by Gasteiger charge is -2.24. The van der Waals surface area contributed by atoms with E-state index in [0.29, 0.717) is 29.1 Å². The maximum Gasteiger partial charge on any atom is 0.224 e. The second kappa shape index (κ2) is 10.4. The van der Waals surface area contributed by atoms with E-state index in [1.54, 1.807) is 19.1 Å². The lowest BCUT2D eigenvalue weighted by Crippen LogP contribution is -2.39. The molecule has 3 N–H and O–H groups in total. The number of nitrogens with one attached hydrogen (secondary N) is 2. The first kappa shape index (κ1) is 23.5. The Labute approximate surface area is 192 Å². The molecule has 1 aliphatic heterocycles. The summed E-state index contributed by atoms with van der Waals surface area (Å²) in [4.78, 5) is 11.8. The van der Waals surface area contributed by atoms with Crippen LogP contribution < -0.4 is 10.6 Å². The van der Waals surface area contributed by atoms with E-state index in [4.69, 9.17) is 16.9 Å². The first-order valence-corrected chi connectivity index (χ1v) is 10.9. The first-order valence-electron chi connectivity index (χ1n) is 10.5. The Morgan fingerprint density at radius 2 is 1.97 bits per heavy atom. The zero-order chi connectivity index (χ0) is 23.3. The van der Waals surface area contributed by atoms with Gasteiger partial charge in [-0.15, -0.1) is 0 Å². The number of rotatable bonds is 8. The van der Waals surface area contributed by atoms with Gasteiger partial charge in [0.1, 0.15) is 6.07 Å². The number of nitrogens with zero attached hydrogens (tertiary/aromatic N) is 3. The van der Waals surface area contributed by atoms with E-state index in [9.17, 15) is 9.90 Å². The predicted molar refractivity (Wildman–Crippen MR) is 129 cm³/mol. The summed E-state index contributed by atoms with van der Waals surface area (Å²) >= 11 is 6.28. The highest BCUT2D eigenvalue weighted by Crippen LogP contribution is 2.28. The molecule has 2 atom stereocenters. The standard InChI is InChI=1S/C24H26ClN5O2/c1-4-5-22(32)27-18-9-6-16(7-10-18)20-12-21(30-29-20)24(15(3)31)28-19-11-8-17(13-26)23(25)14(19)2/h6-11,15,24,28,31H,4-5,12H2,1-3H3,(H,27,32)/t15-,24-/m1/s1. The van der Waals surface area contributed by atoms with Crippen molar-refractivity contribution in [3.63, 3.8) is 0 Å². The number of benzene rings is 2. The summed E-state index contributed by atoms with van der Waals surface area (Å²) in [6, 6.07) is 12.5. The van der Waals surface area contributed by atoms with E-state index >= 15 is 0 Å². The SMILES string of the molecule is CCCC(=O)Nc1ccc(C2=NN=C([C@H](Nc3ccc(C#N)c(Cl)c3C)[C@@H](C)O)C2)cc1. The Kier molecular flexibility index (Phi) is 7.62. The summed E-state index contributed by atoms with van der Waals surface area (Å²) in [6.07, 6.45) is 1.04. The van der Waals surface area contributed by atoms with E-state index in [-0.39, 0.29) is 5.91 Å². The average Bonchev–Trinajstić information content (AvgIpc) is 3.25. The van der Waals surface area contributed by atoms with Crippen molar-refractivity contribution in [2.24, 2.45) is 10.2 Å². The maximum absolute atomic E-state index is 11.8. The Hall–Kier alpha value is -3.21. The molecular formula is C24H26ClN5O2. The van der Waals surface area contributed by atoms with E-state index in [0.717, 1.165) is 34.6 Å². The summed E-state index contributed by atoms with van der Waals surface area (Å²) < 4.78 is 0. The molecule has 8 heteroatoms. The molecule has 3 rings (SSSR count). The fourth-order valence-electron chi connectivity index (χ4n) is 3.47. The summed E-state index contributed by atoms with van der Waals surface area (Å²) in [5.41, 5.74) is 4.99. The van der Waals surface area contributed by atoms with Crippen molar-refractivity contribution in [2.45, 2.75) is 52.2 Å². The number of carbonyl (C=O) groups is 1. The highest BCUT2D eigenvalue weighted by atomic mass is 35.5. The van der Waals surface area contributed by atoms with Gasteiger partial charge in [-0.2, -0.15) is 15.5 Å². The van der Waals surface area contributed by atoms with Gasteiger partial charge in [-0.05, 0) is 55.7 Å². The number of carbonyl (C=O) groups excluding carboxylic acids is 1. The number of halogens is 1. The van der Waals surface area contributed by atoms with Crippen molar-refractivity contribution >= 4 is 40.3 Å². The summed E-state index contributed by atoms with van der Waals surface area (Å²) in [7, 11) is 0. The minimum Gasteiger partial charge on any atom is -0.391 e. The zero-order valence-corrected chi connectivity index (χ0v) is 19.1. The van der Waals surface area contributed by atoms with Crippen molar-refractivity contribution in [1.82, 2.24) is 0 Å². The minimum absolute atomic E-state index is 0.00637. The van der Waals surface area contributed by atoms with Crippen LogP contribution in [0.2, 0.25) is 5.02 Å². The van der Waals surface area contributed by atoms with Crippen LogP contribution in [0.25, 0.3) is 0 Å². The van der Waals surface area contributed by atoms with E-state index in [1.165, 1.54) is 0 Å². The minimum atomic E-state index is -0.728. The molecular weight excluding hydrogens is 426 g/mol. The molecule has 0 spiro atoms. The number of nitriles is 1. The molecule has 0 fully saturated rings. The molecule has 0 unspecified atom stereocenters. The van der Waals surface area contributed by atoms with Crippen LogP contribution in [-0.4, -0.2) is 34.6 Å². The van der Waals surface area contributed by atoms with Crippen molar-refractivity contribution in [3.8, 4) is 6.07 Å². The topological polar surface area (TPSA) is 110 Å². The third kappa shape index (κ3) is 5.34. The van der Waals surface area contributed by atoms with Crippen LogP contribution in [0.1, 0.15) is 49.8 Å². The van der Waals surface area contributed by atoms with Crippen LogP contribution in [0.4, 0.5) is 11.4 Å². The third-order valence-corrected chi connectivity index (χ3v) is 5.77. The Morgan fingerprint density at radius 1 is 1.25 bits per heavy atom. The molecule has 0 saturated heterocycles. The molecule has 1 aliphatic rings. The van der Waals surface area contributed by atoms with E-state index in [2.05, 4.69) is 26.9 Å². The molecule has 0 bridgehead atoms. The van der Waals surface area contributed by atoms with Crippen molar-refractivity contribution in [1.29, 1.82) is 5.26 Å². The van der Waals surface area contributed by atoms with Crippen molar-refractivity contribution in [2.75, 3.05) is 10.6 Å². The Balaban J connectivity index is 1.70. The van der Waals surface area contributed by atoms with Gasteiger partial charge in [0.05, 0.1) is 34.2 Å². The predicted octanol–water partition coefficient (Wildman–Crippen LogP) is 4.67. The fraction of sp³-hybridized carbons (Fsp3) is 0.333. The van der Waals surface area contributed by atoms with Gasteiger partial charge in [-0.25, -0.2) is 0 Å². The van der Waals surface area contributed by atoms with Gasteiger partial charge in [0.15, 0.2) is 0 Å². The summed E-state index contributed by atoms with van der Waals surface area (Å²) in [6.45, 7) is 5.47. The lowest BCUT2D eigenvalue weighted by molar-refractivity contribution is -0.116. The number of hydrogen-bond acceptors (Lipinski definition) is 6. The molecule has 0 aromatic heterocycles. The van der Waals surface area contributed by atoms with Gasteiger partial charge < -0.3 is 15.7 Å². The average molecular weight is 452 g/mol. The van der Waals surface area contributed by atoms with Crippen molar-refractivity contribution < 1.29 is 9.90 Å². The molecule has 0 aliphatic carbocycles. The van der Waals surface area contributed by atoms with Crippen LogP contribution >= 0.6 is 11.6 Å². The monoisotopic (exact) mass is 451 g/mol. The van der Waals surface area contributed by atoms with Gasteiger partial charge in [0.2, 0.25) is 5.91 Å².